The summed E-state index contributed by atoms with van der Waals surface area (Å²) in [6, 6.07) is 13.8. The molecule has 3 aromatic carbocycles. The minimum Gasteiger partial charge on any atom is -0.480 e. The van der Waals surface area contributed by atoms with Crippen LogP contribution in [0.3, 0.4) is 0 Å². The second kappa shape index (κ2) is 11.5. The molecule has 0 bridgehead atoms. The number of nitrogens with zero attached hydrogens (tertiary/aromatic N) is 1. The predicted molar refractivity (Wildman–Crippen MR) is 148 cm³/mol. The molecule has 0 aromatic heterocycles. The fourth-order valence-electron chi connectivity index (χ4n) is 4.64. The molecular weight excluding hydrogens is 536 g/mol. The molecule has 0 aliphatic carbocycles. The lowest BCUT2D eigenvalue weighted by atomic mass is 10.0. The van der Waals surface area contributed by atoms with E-state index in [0.29, 0.717) is 12.1 Å². The van der Waals surface area contributed by atoms with E-state index in [1.807, 2.05) is 38.1 Å². The second-order valence-electron chi connectivity index (χ2n) is 10.1. The first kappa shape index (κ1) is 28.9. The van der Waals surface area contributed by atoms with E-state index in [-0.39, 0.29) is 34.9 Å². The highest BCUT2D eigenvalue weighted by Gasteiger charge is 2.37. The number of imide groups is 1. The molecule has 3 aromatic rings. The van der Waals surface area contributed by atoms with Gasteiger partial charge in [0, 0.05) is 12.2 Å². The van der Waals surface area contributed by atoms with Crippen molar-refractivity contribution in [3.8, 4) is 0 Å². The van der Waals surface area contributed by atoms with E-state index in [1.165, 1.54) is 24.3 Å². The molecule has 5 N–H and O–H groups in total. The van der Waals surface area contributed by atoms with Crippen molar-refractivity contribution in [2.24, 2.45) is 11.1 Å². The van der Waals surface area contributed by atoms with Crippen LogP contribution in [0, 0.1) is 5.92 Å². The number of carbonyl (C=O) groups is 4. The van der Waals surface area contributed by atoms with Gasteiger partial charge in [-0.3, -0.25) is 29.4 Å². The molecule has 0 saturated heterocycles. The number of benzene rings is 3. The van der Waals surface area contributed by atoms with Crippen molar-refractivity contribution in [1.29, 1.82) is 0 Å². The molecule has 2 unspecified atom stereocenters. The van der Waals surface area contributed by atoms with Gasteiger partial charge >= 0.3 is 5.97 Å². The number of carboxylic acids is 1. The predicted octanol–water partition coefficient (Wildman–Crippen LogP) is 2.57. The van der Waals surface area contributed by atoms with Gasteiger partial charge in [0.05, 0.1) is 22.1 Å². The lowest BCUT2D eigenvalue weighted by Crippen LogP contribution is -2.50. The van der Waals surface area contributed by atoms with Gasteiger partial charge < -0.3 is 10.4 Å². The number of amides is 3. The Labute approximate surface area is 231 Å². The highest BCUT2D eigenvalue weighted by atomic mass is 32.2. The first-order valence-electron chi connectivity index (χ1n) is 12.7. The smallest absolute Gasteiger partial charge is 0.320 e. The third-order valence-electron chi connectivity index (χ3n) is 6.65. The summed E-state index contributed by atoms with van der Waals surface area (Å²) in [7, 11) is -3.90. The number of carbonyl (C=O) groups excluding carboxylic acids is 3. The maximum Gasteiger partial charge on any atom is 0.320 e. The summed E-state index contributed by atoms with van der Waals surface area (Å²) in [5.41, 5.74) is 0.848. The zero-order valence-electron chi connectivity index (χ0n) is 22.0. The summed E-state index contributed by atoms with van der Waals surface area (Å²) in [4.78, 5) is 52.2. The first-order chi connectivity index (χ1) is 18.8. The van der Waals surface area contributed by atoms with Crippen LogP contribution in [0.15, 0.2) is 65.6 Å². The molecule has 0 spiro atoms. The van der Waals surface area contributed by atoms with Crippen molar-refractivity contribution in [2.75, 3.05) is 11.9 Å². The van der Waals surface area contributed by atoms with Crippen LogP contribution in [-0.2, 0) is 19.6 Å². The third-order valence-corrected chi connectivity index (χ3v) is 7.58. The minimum atomic E-state index is -3.90. The largest absolute Gasteiger partial charge is 0.480 e. The van der Waals surface area contributed by atoms with E-state index in [1.54, 1.807) is 12.1 Å². The average molecular weight is 567 g/mol. The van der Waals surface area contributed by atoms with Gasteiger partial charge in [0.15, 0.2) is 0 Å². The Morgan fingerprint density at radius 3 is 1.95 bits per heavy atom. The van der Waals surface area contributed by atoms with E-state index < -0.39 is 45.8 Å². The van der Waals surface area contributed by atoms with Gasteiger partial charge in [0.1, 0.15) is 6.04 Å². The Kier molecular flexibility index (Phi) is 8.33. The van der Waals surface area contributed by atoms with Crippen molar-refractivity contribution < 1.29 is 32.7 Å². The van der Waals surface area contributed by atoms with Crippen LogP contribution in [-0.4, -0.2) is 60.7 Å². The zero-order valence-corrected chi connectivity index (χ0v) is 22.8. The van der Waals surface area contributed by atoms with Crippen molar-refractivity contribution in [3.05, 3.63) is 71.8 Å². The van der Waals surface area contributed by atoms with Crippen molar-refractivity contribution in [3.63, 3.8) is 0 Å². The molecule has 4 rings (SSSR count). The average Bonchev–Trinajstić information content (AvgIpc) is 3.12. The van der Waals surface area contributed by atoms with Crippen molar-refractivity contribution in [2.45, 2.75) is 43.7 Å². The van der Waals surface area contributed by atoms with Gasteiger partial charge in [-0.25, -0.2) is 13.6 Å². The molecule has 1 aliphatic heterocycles. The Morgan fingerprint density at radius 1 is 0.925 bits per heavy atom. The number of hydrogen-bond donors (Lipinski definition) is 4. The quantitative estimate of drug-likeness (QED) is 0.256. The summed E-state index contributed by atoms with van der Waals surface area (Å²) >= 11 is 0. The number of hydrogen-bond acceptors (Lipinski definition) is 7. The molecule has 0 fully saturated rings. The monoisotopic (exact) mass is 566 g/mol. The number of nitrogens with two attached hydrogens (primary N) is 1. The van der Waals surface area contributed by atoms with E-state index in [9.17, 15) is 32.7 Å². The highest BCUT2D eigenvalue weighted by Crippen LogP contribution is 2.28. The summed E-state index contributed by atoms with van der Waals surface area (Å²) in [6.07, 6.45) is 0.176. The number of carboxylic acid groups (broad SMARTS) is 1. The topological polar surface area (TPSA) is 176 Å². The molecule has 0 saturated carbocycles. The maximum atomic E-state index is 13.1. The summed E-state index contributed by atoms with van der Waals surface area (Å²) in [6.45, 7) is 3.60. The lowest BCUT2D eigenvalue weighted by Gasteiger charge is -2.25. The van der Waals surface area contributed by atoms with Gasteiger partial charge in [0.2, 0.25) is 15.9 Å². The van der Waals surface area contributed by atoms with Gasteiger partial charge in [-0.15, -0.1) is 0 Å². The van der Waals surface area contributed by atoms with Crippen LogP contribution in [0.2, 0.25) is 0 Å². The molecule has 11 nitrogen and oxygen atoms in total. The van der Waals surface area contributed by atoms with Crippen LogP contribution >= 0.6 is 0 Å². The summed E-state index contributed by atoms with van der Waals surface area (Å²) < 4.78 is 23.0. The Balaban J connectivity index is 1.46. The Hall–Kier alpha value is -4.13. The number of fused-ring (bicyclic) bond motifs is 2. The molecule has 1 aliphatic rings. The van der Waals surface area contributed by atoms with E-state index in [4.69, 9.17) is 5.14 Å². The number of nitrogens with one attached hydrogen (secondary N) is 2. The lowest BCUT2D eigenvalue weighted by molar-refractivity contribution is -0.140. The van der Waals surface area contributed by atoms with Crippen molar-refractivity contribution >= 4 is 50.2 Å². The number of rotatable bonds is 11. The molecular formula is C28H30N4O7S. The molecule has 12 heteroatoms. The van der Waals surface area contributed by atoms with Gasteiger partial charge in [-0.1, -0.05) is 38.1 Å². The summed E-state index contributed by atoms with van der Waals surface area (Å²) in [5.74, 6) is -2.71. The second-order valence-corrected chi connectivity index (χ2v) is 11.7. The van der Waals surface area contributed by atoms with E-state index in [2.05, 4.69) is 10.6 Å². The van der Waals surface area contributed by atoms with E-state index >= 15 is 0 Å². The minimum absolute atomic E-state index is 0.0211. The maximum absolute atomic E-state index is 13.1. The highest BCUT2D eigenvalue weighted by molar-refractivity contribution is 7.89. The van der Waals surface area contributed by atoms with Crippen molar-refractivity contribution in [1.82, 2.24) is 10.2 Å². The molecule has 3 amide bonds. The van der Waals surface area contributed by atoms with Crippen LogP contribution in [0.5, 0.6) is 0 Å². The summed E-state index contributed by atoms with van der Waals surface area (Å²) in [5, 5.41) is 22.2. The molecule has 40 heavy (non-hydrogen) atoms. The SMILES string of the molecule is CC(C)CC(NC(CCN1C(=O)c2cc3ccccc3cc2C1=O)C(=O)O)C(=O)Nc1ccc(S(N)(=O)=O)cc1. The molecule has 2 atom stereocenters. The number of aliphatic carboxylic acids is 1. The van der Waals surface area contributed by atoms with Crippen LogP contribution in [0.4, 0.5) is 5.69 Å². The Morgan fingerprint density at radius 2 is 1.48 bits per heavy atom. The molecule has 210 valence electrons. The number of sulfonamides is 1. The fourth-order valence-corrected chi connectivity index (χ4v) is 5.15. The van der Waals surface area contributed by atoms with Gasteiger partial charge in [0.25, 0.3) is 11.8 Å². The molecule has 1 heterocycles. The standard InChI is InChI=1S/C28H30N4O7S/c1-16(2)13-24(25(33)30-19-7-9-20(10-8-19)40(29,38)39)31-23(28(36)37)11-12-32-26(34)21-14-17-5-3-4-6-18(17)15-22(21)27(32)35/h3-10,14-16,23-24,31H,11-13H2,1-2H3,(H,30,33)(H,36,37)(H2,29,38,39). The normalized spacial score (nSPS) is 14.8. The number of anilines is 1. The van der Waals surface area contributed by atoms with Crippen LogP contribution < -0.4 is 15.8 Å². The van der Waals surface area contributed by atoms with E-state index in [0.717, 1.165) is 15.7 Å². The third kappa shape index (κ3) is 6.36. The van der Waals surface area contributed by atoms with Gasteiger partial charge in [-0.05, 0) is 65.9 Å². The Bertz CT molecular complexity index is 1530. The van der Waals surface area contributed by atoms with Crippen LogP contribution in [0.25, 0.3) is 10.8 Å². The van der Waals surface area contributed by atoms with Crippen LogP contribution in [0.1, 0.15) is 47.4 Å². The zero-order chi connectivity index (χ0) is 29.2. The first-order valence-corrected chi connectivity index (χ1v) is 14.2. The molecule has 0 radical (unpaired) electrons. The fraction of sp³-hybridized carbons (Fsp3) is 0.286. The van der Waals surface area contributed by atoms with Gasteiger partial charge in [-0.2, -0.15) is 0 Å². The number of primary sulfonamides is 1.